The third-order valence-corrected chi connectivity index (χ3v) is 2.81. The molecule has 0 bridgehead atoms. The van der Waals surface area contributed by atoms with Crippen LogP contribution in [0, 0.1) is 6.07 Å². The molecule has 2 aromatic carbocycles. The maximum atomic E-state index is 3.12. The van der Waals surface area contributed by atoms with Crippen LogP contribution in [0.1, 0.15) is 13.8 Å². The summed E-state index contributed by atoms with van der Waals surface area (Å²) in [6, 6.07) is 15.7. The van der Waals surface area contributed by atoms with Gasteiger partial charge in [-0.2, -0.15) is 0 Å². The van der Waals surface area contributed by atoms with Gasteiger partial charge in [0, 0.05) is 24.2 Å². The molecule has 77 valence electrons. The Hall–Kier alpha value is -1.50. The van der Waals surface area contributed by atoms with Gasteiger partial charge in [-0.25, -0.2) is 0 Å². The molecule has 2 rings (SSSR count). The zero-order valence-electron chi connectivity index (χ0n) is 9.33. The third-order valence-electron chi connectivity index (χ3n) is 2.81. The molecule has 0 spiro atoms. The SMILES string of the molecule is CCN(CC)c1cccc2c[c]ccc12. The first-order valence-corrected chi connectivity index (χ1v) is 5.50. The molecular weight excluding hydrogens is 182 g/mol. The first kappa shape index (κ1) is 10.0. The van der Waals surface area contributed by atoms with Gasteiger partial charge in [-0.05, 0) is 37.4 Å². The Balaban J connectivity index is 2.59. The zero-order valence-corrected chi connectivity index (χ0v) is 9.33. The Morgan fingerprint density at radius 2 is 1.93 bits per heavy atom. The molecule has 0 amide bonds. The Morgan fingerprint density at radius 1 is 1.13 bits per heavy atom. The van der Waals surface area contributed by atoms with E-state index in [1.54, 1.807) is 0 Å². The summed E-state index contributed by atoms with van der Waals surface area (Å²) >= 11 is 0. The van der Waals surface area contributed by atoms with Gasteiger partial charge < -0.3 is 4.90 Å². The van der Waals surface area contributed by atoms with E-state index < -0.39 is 0 Å². The van der Waals surface area contributed by atoms with E-state index in [9.17, 15) is 0 Å². The molecule has 15 heavy (non-hydrogen) atoms. The van der Waals surface area contributed by atoms with Crippen molar-refractivity contribution in [3.8, 4) is 0 Å². The van der Waals surface area contributed by atoms with Gasteiger partial charge in [0.05, 0.1) is 0 Å². The van der Waals surface area contributed by atoms with Crippen LogP contribution in [-0.4, -0.2) is 13.1 Å². The molecule has 0 aliphatic rings. The summed E-state index contributed by atoms with van der Waals surface area (Å²) in [6.07, 6.45) is 0. The molecule has 0 atom stereocenters. The first-order chi connectivity index (χ1) is 7.36. The van der Waals surface area contributed by atoms with Gasteiger partial charge in [-0.3, -0.25) is 0 Å². The molecule has 0 aromatic heterocycles. The summed E-state index contributed by atoms with van der Waals surface area (Å²) < 4.78 is 0. The summed E-state index contributed by atoms with van der Waals surface area (Å²) in [5, 5.41) is 2.59. The predicted molar refractivity (Wildman–Crippen MR) is 66.3 cm³/mol. The second kappa shape index (κ2) is 4.35. The van der Waals surface area contributed by atoms with E-state index in [4.69, 9.17) is 0 Å². The normalized spacial score (nSPS) is 10.5. The number of hydrogen-bond acceptors (Lipinski definition) is 1. The van der Waals surface area contributed by atoms with Crippen molar-refractivity contribution < 1.29 is 0 Å². The molecule has 0 fully saturated rings. The fourth-order valence-electron chi connectivity index (χ4n) is 1.99. The van der Waals surface area contributed by atoms with Crippen LogP contribution in [0.4, 0.5) is 5.69 Å². The quantitative estimate of drug-likeness (QED) is 0.729. The van der Waals surface area contributed by atoms with Crippen molar-refractivity contribution in [2.45, 2.75) is 13.8 Å². The zero-order chi connectivity index (χ0) is 10.7. The predicted octanol–water partition coefficient (Wildman–Crippen LogP) is 3.49. The van der Waals surface area contributed by atoms with Gasteiger partial charge in [-0.15, -0.1) is 0 Å². The molecular formula is C14H16N. The van der Waals surface area contributed by atoms with E-state index >= 15 is 0 Å². The molecule has 0 aliphatic heterocycles. The van der Waals surface area contributed by atoms with E-state index in [1.807, 2.05) is 12.1 Å². The van der Waals surface area contributed by atoms with Crippen LogP contribution in [0.3, 0.4) is 0 Å². The lowest BCUT2D eigenvalue weighted by Crippen LogP contribution is -2.21. The highest BCUT2D eigenvalue weighted by atomic mass is 15.1. The van der Waals surface area contributed by atoms with Crippen molar-refractivity contribution in [3.63, 3.8) is 0 Å². The van der Waals surface area contributed by atoms with E-state index in [0.717, 1.165) is 13.1 Å². The third kappa shape index (κ3) is 1.82. The molecule has 1 nitrogen and oxygen atoms in total. The van der Waals surface area contributed by atoms with Crippen LogP contribution in [-0.2, 0) is 0 Å². The molecule has 0 saturated carbocycles. The summed E-state index contributed by atoms with van der Waals surface area (Å²) in [4.78, 5) is 2.38. The minimum atomic E-state index is 1.05. The van der Waals surface area contributed by atoms with E-state index in [1.165, 1.54) is 16.5 Å². The van der Waals surface area contributed by atoms with E-state index in [2.05, 4.69) is 49.1 Å². The van der Waals surface area contributed by atoms with Crippen LogP contribution >= 0.6 is 0 Å². The van der Waals surface area contributed by atoms with Crippen molar-refractivity contribution >= 4 is 16.5 Å². The average molecular weight is 198 g/mol. The number of anilines is 1. The molecule has 0 unspecified atom stereocenters. The lowest BCUT2D eigenvalue weighted by molar-refractivity contribution is 0.870. The molecule has 0 N–H and O–H groups in total. The summed E-state index contributed by atoms with van der Waals surface area (Å²) in [7, 11) is 0. The van der Waals surface area contributed by atoms with Gasteiger partial charge in [-0.1, -0.05) is 24.3 Å². The Labute approximate surface area is 91.3 Å². The highest BCUT2D eigenvalue weighted by molar-refractivity contribution is 5.94. The fraction of sp³-hybridized carbons (Fsp3) is 0.286. The topological polar surface area (TPSA) is 3.24 Å². The Bertz CT molecular complexity index is 439. The van der Waals surface area contributed by atoms with E-state index in [-0.39, 0.29) is 0 Å². The lowest BCUT2D eigenvalue weighted by Gasteiger charge is -2.22. The lowest BCUT2D eigenvalue weighted by atomic mass is 10.1. The van der Waals surface area contributed by atoms with E-state index in [0.29, 0.717) is 0 Å². The van der Waals surface area contributed by atoms with Crippen molar-refractivity contribution in [3.05, 3.63) is 42.5 Å². The molecule has 2 aromatic rings. The molecule has 0 saturated heterocycles. The molecule has 1 radical (unpaired) electrons. The van der Waals surface area contributed by atoms with Crippen molar-refractivity contribution in [1.82, 2.24) is 0 Å². The largest absolute Gasteiger partial charge is 0.372 e. The van der Waals surface area contributed by atoms with Gasteiger partial charge >= 0.3 is 0 Å². The second-order valence-electron chi connectivity index (χ2n) is 3.60. The standard InChI is InChI=1S/C14H16N/c1-3-15(4-2)14-11-7-9-12-8-5-6-10-13(12)14/h6-11H,3-4H2,1-2H3. The van der Waals surface area contributed by atoms with Gasteiger partial charge in [0.2, 0.25) is 0 Å². The van der Waals surface area contributed by atoms with Crippen LogP contribution < -0.4 is 4.90 Å². The molecule has 0 aliphatic carbocycles. The Kier molecular flexibility index (Phi) is 2.91. The van der Waals surface area contributed by atoms with Gasteiger partial charge in [0.1, 0.15) is 0 Å². The number of benzene rings is 2. The van der Waals surface area contributed by atoms with Crippen molar-refractivity contribution in [2.24, 2.45) is 0 Å². The average Bonchev–Trinajstić information content (AvgIpc) is 2.31. The fourth-order valence-corrected chi connectivity index (χ4v) is 1.99. The van der Waals surface area contributed by atoms with Crippen molar-refractivity contribution in [2.75, 3.05) is 18.0 Å². The monoisotopic (exact) mass is 198 g/mol. The summed E-state index contributed by atoms with van der Waals surface area (Å²) in [5.41, 5.74) is 1.33. The number of nitrogens with zero attached hydrogens (tertiary/aromatic N) is 1. The highest BCUT2D eigenvalue weighted by Gasteiger charge is 2.05. The van der Waals surface area contributed by atoms with Crippen LogP contribution in [0.15, 0.2) is 36.4 Å². The number of hydrogen-bond donors (Lipinski definition) is 0. The van der Waals surface area contributed by atoms with Crippen molar-refractivity contribution in [1.29, 1.82) is 0 Å². The maximum absolute atomic E-state index is 3.12. The Morgan fingerprint density at radius 3 is 2.67 bits per heavy atom. The van der Waals surface area contributed by atoms with Crippen LogP contribution in [0.25, 0.3) is 10.8 Å². The maximum Gasteiger partial charge on any atom is 0.0445 e. The molecule has 1 heteroatoms. The summed E-state index contributed by atoms with van der Waals surface area (Å²) in [6.45, 7) is 6.48. The highest BCUT2D eigenvalue weighted by Crippen LogP contribution is 2.25. The second-order valence-corrected chi connectivity index (χ2v) is 3.60. The van der Waals surface area contributed by atoms with Crippen LogP contribution in [0.2, 0.25) is 0 Å². The van der Waals surface area contributed by atoms with Gasteiger partial charge in [0.15, 0.2) is 0 Å². The van der Waals surface area contributed by atoms with Crippen LogP contribution in [0.5, 0.6) is 0 Å². The number of rotatable bonds is 3. The minimum Gasteiger partial charge on any atom is -0.372 e. The molecule has 0 heterocycles. The smallest absolute Gasteiger partial charge is 0.0445 e. The van der Waals surface area contributed by atoms with Gasteiger partial charge in [0.25, 0.3) is 0 Å². The minimum absolute atomic E-state index is 1.05. The number of fused-ring (bicyclic) bond motifs is 1. The first-order valence-electron chi connectivity index (χ1n) is 5.50. The summed E-state index contributed by atoms with van der Waals surface area (Å²) in [5.74, 6) is 0.